The zero-order valence-electron chi connectivity index (χ0n) is 20.6. The van der Waals surface area contributed by atoms with Crippen molar-refractivity contribution in [3.63, 3.8) is 0 Å². The van der Waals surface area contributed by atoms with Gasteiger partial charge in [0.25, 0.3) is 11.6 Å². The molecule has 0 radical (unpaired) electrons. The van der Waals surface area contributed by atoms with Crippen LogP contribution in [-0.2, 0) is 20.9 Å². The summed E-state index contributed by atoms with van der Waals surface area (Å²) in [5, 5.41) is 20.5. The van der Waals surface area contributed by atoms with Crippen molar-refractivity contribution < 1.29 is 19.2 Å². The third-order valence-corrected chi connectivity index (χ3v) is 6.45. The Bertz CT molecular complexity index is 1380. The lowest BCUT2D eigenvalue weighted by Crippen LogP contribution is -2.43. The van der Waals surface area contributed by atoms with E-state index in [1.807, 2.05) is 54.6 Å². The van der Waals surface area contributed by atoms with Crippen molar-refractivity contribution in [1.82, 2.24) is 10.2 Å². The summed E-state index contributed by atoms with van der Waals surface area (Å²) in [5.74, 6) is -0.378. The summed E-state index contributed by atoms with van der Waals surface area (Å²) in [5.41, 5.74) is 4.18. The van der Waals surface area contributed by atoms with Gasteiger partial charge in [-0.15, -0.1) is 0 Å². The number of non-ortho nitro benzene ring substituents is 1. The summed E-state index contributed by atoms with van der Waals surface area (Å²) in [7, 11) is 0. The van der Waals surface area contributed by atoms with Crippen LogP contribution < -0.4 is 16.0 Å². The van der Waals surface area contributed by atoms with E-state index in [-0.39, 0.29) is 17.5 Å². The molecule has 0 unspecified atom stereocenters. The van der Waals surface area contributed by atoms with Gasteiger partial charge in [-0.1, -0.05) is 42.5 Å². The molecule has 5 rings (SSSR count). The number of nitro benzene ring substituents is 1. The number of anilines is 2. The first kappa shape index (κ1) is 25.1. The molecule has 10 nitrogen and oxygen atoms in total. The number of benzene rings is 3. The second-order valence-corrected chi connectivity index (χ2v) is 9.04. The van der Waals surface area contributed by atoms with Crippen LogP contribution in [0.15, 0.2) is 72.8 Å². The first-order valence-electron chi connectivity index (χ1n) is 12.3. The van der Waals surface area contributed by atoms with Gasteiger partial charge < -0.3 is 20.7 Å². The van der Waals surface area contributed by atoms with Gasteiger partial charge in [-0.05, 0) is 29.3 Å². The Kier molecular flexibility index (Phi) is 7.43. The van der Waals surface area contributed by atoms with Crippen LogP contribution in [0.4, 0.5) is 17.1 Å². The van der Waals surface area contributed by atoms with E-state index in [1.165, 1.54) is 12.1 Å². The molecule has 3 aromatic rings. The molecular weight excluding hydrogens is 486 g/mol. The Hall–Kier alpha value is -4.54. The van der Waals surface area contributed by atoms with Crippen LogP contribution in [0.5, 0.6) is 0 Å². The van der Waals surface area contributed by atoms with Gasteiger partial charge in [0.1, 0.15) is 0 Å². The van der Waals surface area contributed by atoms with Crippen LogP contribution in [0.1, 0.15) is 16.7 Å². The molecule has 0 atom stereocenters. The lowest BCUT2D eigenvalue weighted by Gasteiger charge is -2.25. The molecule has 0 aromatic heterocycles. The largest absolute Gasteiger partial charge is 0.379 e. The van der Waals surface area contributed by atoms with Gasteiger partial charge in [0.15, 0.2) is 0 Å². The van der Waals surface area contributed by atoms with Crippen molar-refractivity contribution in [2.24, 2.45) is 0 Å². The van der Waals surface area contributed by atoms with Gasteiger partial charge >= 0.3 is 0 Å². The van der Waals surface area contributed by atoms with Crippen molar-refractivity contribution in [2.45, 2.75) is 6.54 Å². The number of nitrogens with one attached hydrogen (secondary N) is 3. The number of hydrogen-bond donors (Lipinski definition) is 3. The maximum absolute atomic E-state index is 13.0. The summed E-state index contributed by atoms with van der Waals surface area (Å²) in [6.07, 6.45) is 0. The molecule has 2 heterocycles. The first-order chi connectivity index (χ1) is 18.5. The number of rotatable bonds is 8. The fourth-order valence-corrected chi connectivity index (χ4v) is 4.47. The highest BCUT2D eigenvalue weighted by molar-refractivity contribution is 6.37. The van der Waals surface area contributed by atoms with E-state index in [2.05, 4.69) is 20.9 Å². The van der Waals surface area contributed by atoms with Crippen LogP contribution in [0.3, 0.4) is 0 Å². The Balaban J connectivity index is 1.36. The van der Waals surface area contributed by atoms with E-state index in [0.29, 0.717) is 48.8 Å². The van der Waals surface area contributed by atoms with E-state index in [1.54, 1.807) is 6.07 Å². The van der Waals surface area contributed by atoms with Crippen molar-refractivity contribution in [3.8, 4) is 0 Å². The highest BCUT2D eigenvalue weighted by Gasteiger charge is 2.30. The van der Waals surface area contributed by atoms with Crippen LogP contribution in [0, 0.1) is 10.1 Å². The van der Waals surface area contributed by atoms with Crippen molar-refractivity contribution in [1.29, 1.82) is 0 Å². The number of fused-ring (bicyclic) bond motifs is 1. The average molecular weight is 514 g/mol. The Morgan fingerprint density at radius 1 is 1.03 bits per heavy atom. The SMILES string of the molecule is O=C(CN1CCOCC1)NCc1ccc(NC(=C2C(=O)Nc3ccc([N+](=O)[O-])cc32)c2ccccc2)cc1. The lowest BCUT2D eigenvalue weighted by atomic mass is 9.99. The highest BCUT2D eigenvalue weighted by atomic mass is 16.6. The third-order valence-electron chi connectivity index (χ3n) is 6.45. The Morgan fingerprint density at radius 3 is 2.47 bits per heavy atom. The molecule has 1 fully saturated rings. The smallest absolute Gasteiger partial charge is 0.270 e. The van der Waals surface area contributed by atoms with Gasteiger partial charge in [-0.3, -0.25) is 24.6 Å². The number of amides is 2. The number of hydrogen-bond acceptors (Lipinski definition) is 7. The predicted molar refractivity (Wildman–Crippen MR) is 144 cm³/mol. The number of ether oxygens (including phenoxy) is 1. The minimum absolute atomic E-state index is 0.0368. The molecule has 10 heteroatoms. The van der Waals surface area contributed by atoms with Gasteiger partial charge in [0.2, 0.25) is 5.91 Å². The van der Waals surface area contributed by atoms with Crippen LogP contribution in [0.2, 0.25) is 0 Å². The Labute approximate surface area is 219 Å². The molecule has 38 heavy (non-hydrogen) atoms. The number of carbonyl (C=O) groups excluding carboxylic acids is 2. The second kappa shape index (κ2) is 11.2. The van der Waals surface area contributed by atoms with E-state index in [9.17, 15) is 19.7 Å². The van der Waals surface area contributed by atoms with E-state index in [0.717, 1.165) is 29.9 Å². The lowest BCUT2D eigenvalue weighted by molar-refractivity contribution is -0.384. The molecular formula is C28H27N5O5. The van der Waals surface area contributed by atoms with E-state index < -0.39 is 4.92 Å². The minimum atomic E-state index is -0.477. The molecule has 1 saturated heterocycles. The van der Waals surface area contributed by atoms with Gasteiger partial charge in [0.05, 0.1) is 36.0 Å². The molecule has 2 aliphatic rings. The molecule has 3 aromatic carbocycles. The predicted octanol–water partition coefficient (Wildman–Crippen LogP) is 3.48. The molecule has 0 bridgehead atoms. The number of nitrogens with zero attached hydrogens (tertiary/aromatic N) is 2. The van der Waals surface area contributed by atoms with Crippen LogP contribution >= 0.6 is 0 Å². The normalized spacial score (nSPS) is 16.4. The van der Waals surface area contributed by atoms with Gasteiger partial charge in [0, 0.05) is 48.7 Å². The van der Waals surface area contributed by atoms with Crippen molar-refractivity contribution in [2.75, 3.05) is 43.5 Å². The fourth-order valence-electron chi connectivity index (χ4n) is 4.47. The average Bonchev–Trinajstić information content (AvgIpc) is 3.27. The number of nitro groups is 1. The monoisotopic (exact) mass is 513 g/mol. The topological polar surface area (TPSA) is 126 Å². The summed E-state index contributed by atoms with van der Waals surface area (Å²) in [6.45, 7) is 3.54. The zero-order chi connectivity index (χ0) is 26.5. The maximum Gasteiger partial charge on any atom is 0.270 e. The minimum Gasteiger partial charge on any atom is -0.379 e. The second-order valence-electron chi connectivity index (χ2n) is 9.04. The molecule has 2 aliphatic heterocycles. The van der Waals surface area contributed by atoms with E-state index in [4.69, 9.17) is 4.74 Å². The van der Waals surface area contributed by atoms with Crippen molar-refractivity contribution >= 4 is 40.1 Å². The standard InChI is InChI=1S/C28H27N5O5/c34-25(18-32-12-14-38-15-13-32)29-17-19-6-8-21(9-7-19)30-27(20-4-2-1-3-5-20)26-23-16-22(33(36)37)10-11-24(23)31-28(26)35/h1-11,16,30H,12-15,17-18H2,(H,29,34)(H,31,35). The van der Waals surface area contributed by atoms with E-state index >= 15 is 0 Å². The maximum atomic E-state index is 13.0. The highest BCUT2D eigenvalue weighted by Crippen LogP contribution is 2.39. The third kappa shape index (κ3) is 5.72. The molecule has 0 saturated carbocycles. The molecule has 194 valence electrons. The zero-order valence-corrected chi connectivity index (χ0v) is 20.6. The number of carbonyl (C=O) groups is 2. The summed E-state index contributed by atoms with van der Waals surface area (Å²) >= 11 is 0. The summed E-state index contributed by atoms with van der Waals surface area (Å²) in [6, 6.07) is 21.2. The molecule has 3 N–H and O–H groups in total. The Morgan fingerprint density at radius 2 is 1.76 bits per heavy atom. The quantitative estimate of drug-likeness (QED) is 0.239. The summed E-state index contributed by atoms with van der Waals surface area (Å²) < 4.78 is 5.32. The first-order valence-corrected chi connectivity index (χ1v) is 12.3. The van der Waals surface area contributed by atoms with Crippen LogP contribution in [-0.4, -0.2) is 54.5 Å². The number of morpholine rings is 1. The molecule has 2 amide bonds. The molecule has 0 aliphatic carbocycles. The summed E-state index contributed by atoms with van der Waals surface area (Å²) in [4.78, 5) is 38.3. The van der Waals surface area contributed by atoms with Crippen LogP contribution in [0.25, 0.3) is 11.3 Å². The van der Waals surface area contributed by atoms with Gasteiger partial charge in [-0.25, -0.2) is 0 Å². The molecule has 0 spiro atoms. The van der Waals surface area contributed by atoms with Crippen molar-refractivity contribution in [3.05, 3.63) is 99.6 Å². The fraction of sp³-hybridized carbons (Fsp3) is 0.214. The van der Waals surface area contributed by atoms with Gasteiger partial charge in [-0.2, -0.15) is 0 Å².